The Morgan fingerprint density at radius 3 is 3.00 bits per heavy atom. The molecule has 0 radical (unpaired) electrons. The van der Waals surface area contributed by atoms with Crippen molar-refractivity contribution in [2.75, 3.05) is 32.8 Å². The van der Waals surface area contributed by atoms with E-state index in [9.17, 15) is 4.79 Å². The van der Waals surface area contributed by atoms with Crippen LogP contribution >= 0.6 is 11.3 Å². The summed E-state index contributed by atoms with van der Waals surface area (Å²) < 4.78 is 7.80. The van der Waals surface area contributed by atoms with Gasteiger partial charge in [-0.25, -0.2) is 4.98 Å². The molecular formula is C18H25N5O2S. The summed E-state index contributed by atoms with van der Waals surface area (Å²) in [6.45, 7) is 5.23. The van der Waals surface area contributed by atoms with Crippen LogP contribution in [0, 0.1) is 0 Å². The molecule has 140 valence electrons. The number of carbonyl (C=O) groups excluding carboxylic acids is 1. The van der Waals surface area contributed by atoms with E-state index in [1.807, 2.05) is 22.7 Å². The van der Waals surface area contributed by atoms with Crippen molar-refractivity contribution in [2.24, 2.45) is 0 Å². The van der Waals surface area contributed by atoms with Crippen LogP contribution in [-0.2, 0) is 22.6 Å². The van der Waals surface area contributed by atoms with Gasteiger partial charge < -0.3 is 9.64 Å². The van der Waals surface area contributed by atoms with E-state index in [2.05, 4.69) is 25.7 Å². The van der Waals surface area contributed by atoms with Gasteiger partial charge in [0.05, 0.1) is 18.3 Å². The minimum Gasteiger partial charge on any atom is -0.372 e. The normalized spacial score (nSPS) is 20.5. The molecule has 4 rings (SSSR count). The summed E-state index contributed by atoms with van der Waals surface area (Å²) in [7, 11) is 0. The number of rotatable bonds is 7. The first-order chi connectivity index (χ1) is 12.8. The molecule has 2 aliphatic rings. The van der Waals surface area contributed by atoms with Gasteiger partial charge in [-0.3, -0.25) is 14.4 Å². The van der Waals surface area contributed by atoms with E-state index < -0.39 is 0 Å². The summed E-state index contributed by atoms with van der Waals surface area (Å²) in [6, 6.07) is 2.36. The van der Waals surface area contributed by atoms with Crippen LogP contribution in [0.15, 0.2) is 23.8 Å². The lowest BCUT2D eigenvalue weighted by molar-refractivity contribution is -0.135. The molecule has 2 aromatic rings. The topological polar surface area (TPSA) is 63.5 Å². The highest BCUT2D eigenvalue weighted by Gasteiger charge is 2.26. The molecule has 0 aromatic carbocycles. The third-order valence-corrected chi connectivity index (χ3v) is 5.84. The molecule has 8 heteroatoms. The van der Waals surface area contributed by atoms with E-state index in [0.29, 0.717) is 6.61 Å². The molecule has 1 fully saturated rings. The molecule has 0 spiro atoms. The number of aromatic nitrogens is 3. The number of likely N-dealkylation sites (tertiary alicyclic amines) is 1. The highest BCUT2D eigenvalue weighted by Crippen LogP contribution is 2.24. The van der Waals surface area contributed by atoms with Gasteiger partial charge in [-0.1, -0.05) is 0 Å². The molecule has 0 bridgehead atoms. The van der Waals surface area contributed by atoms with Crippen LogP contribution in [-0.4, -0.2) is 63.3 Å². The van der Waals surface area contributed by atoms with Crippen molar-refractivity contribution in [2.45, 2.75) is 38.4 Å². The second-order valence-corrected chi connectivity index (χ2v) is 7.92. The average Bonchev–Trinajstić information content (AvgIpc) is 3.40. The standard InChI is InChI=1S/C18H25N5O2S/c24-18(22-7-1-2-8-22)14-25-9-4-16-12-21(13-17-19-6-10-26-17)11-15-3-5-20-23(15)16/h3,5-6,10,16H,1-2,4,7-9,11-14H2. The fraction of sp³-hybridized carbons (Fsp3) is 0.611. The summed E-state index contributed by atoms with van der Waals surface area (Å²) in [5.41, 5.74) is 1.23. The first kappa shape index (κ1) is 17.6. The van der Waals surface area contributed by atoms with E-state index in [-0.39, 0.29) is 18.6 Å². The Bertz CT molecular complexity index is 711. The number of fused-ring (bicyclic) bond motifs is 1. The molecule has 2 aliphatic heterocycles. The molecule has 1 unspecified atom stereocenters. The Hall–Kier alpha value is -1.77. The number of hydrogen-bond acceptors (Lipinski definition) is 6. The van der Waals surface area contributed by atoms with Crippen molar-refractivity contribution in [1.29, 1.82) is 0 Å². The molecule has 0 aliphatic carbocycles. The lowest BCUT2D eigenvalue weighted by atomic mass is 10.1. The van der Waals surface area contributed by atoms with Gasteiger partial charge in [-0.15, -0.1) is 11.3 Å². The Labute approximate surface area is 157 Å². The third kappa shape index (κ3) is 4.13. The van der Waals surface area contributed by atoms with E-state index in [4.69, 9.17) is 4.74 Å². The Morgan fingerprint density at radius 1 is 1.31 bits per heavy atom. The van der Waals surface area contributed by atoms with Gasteiger partial charge in [-0.05, 0) is 25.3 Å². The third-order valence-electron chi connectivity index (χ3n) is 5.07. The maximum absolute atomic E-state index is 12.1. The highest BCUT2D eigenvalue weighted by atomic mass is 32.1. The van der Waals surface area contributed by atoms with Crippen molar-refractivity contribution in [3.8, 4) is 0 Å². The number of nitrogens with zero attached hydrogens (tertiary/aromatic N) is 5. The van der Waals surface area contributed by atoms with Crippen molar-refractivity contribution in [1.82, 2.24) is 24.6 Å². The zero-order valence-corrected chi connectivity index (χ0v) is 15.7. The fourth-order valence-corrected chi connectivity index (χ4v) is 4.42. The van der Waals surface area contributed by atoms with Gasteiger partial charge in [0.2, 0.25) is 5.91 Å². The molecule has 7 nitrogen and oxygen atoms in total. The zero-order chi connectivity index (χ0) is 17.8. The predicted octanol–water partition coefficient (Wildman–Crippen LogP) is 1.93. The van der Waals surface area contributed by atoms with Crippen LogP contribution < -0.4 is 0 Å². The minimum atomic E-state index is 0.122. The van der Waals surface area contributed by atoms with Gasteiger partial charge in [-0.2, -0.15) is 5.10 Å². The van der Waals surface area contributed by atoms with Gasteiger partial charge in [0.15, 0.2) is 0 Å². The first-order valence-corrected chi connectivity index (χ1v) is 10.2. The van der Waals surface area contributed by atoms with Crippen molar-refractivity contribution < 1.29 is 9.53 Å². The zero-order valence-electron chi connectivity index (χ0n) is 14.9. The van der Waals surface area contributed by atoms with Gasteiger partial charge in [0.25, 0.3) is 0 Å². The maximum Gasteiger partial charge on any atom is 0.248 e. The van der Waals surface area contributed by atoms with Crippen molar-refractivity contribution >= 4 is 17.2 Å². The summed E-state index contributed by atoms with van der Waals surface area (Å²) in [5.74, 6) is 0.122. The van der Waals surface area contributed by atoms with Crippen LogP contribution in [0.25, 0.3) is 0 Å². The first-order valence-electron chi connectivity index (χ1n) is 9.28. The van der Waals surface area contributed by atoms with Crippen molar-refractivity contribution in [3.05, 3.63) is 34.5 Å². The SMILES string of the molecule is O=C(COCCC1CN(Cc2nccs2)Cc2ccnn21)N1CCCC1. The molecule has 4 heterocycles. The van der Waals surface area contributed by atoms with E-state index >= 15 is 0 Å². The lowest BCUT2D eigenvalue weighted by Crippen LogP contribution is -2.38. The predicted molar refractivity (Wildman–Crippen MR) is 98.7 cm³/mol. The average molecular weight is 375 g/mol. The van der Waals surface area contributed by atoms with Crippen molar-refractivity contribution in [3.63, 3.8) is 0 Å². The Kier molecular flexibility index (Phi) is 5.62. The van der Waals surface area contributed by atoms with Crippen LogP contribution in [0.4, 0.5) is 0 Å². The number of amides is 1. The fourth-order valence-electron chi connectivity index (χ4n) is 3.76. The summed E-state index contributed by atoms with van der Waals surface area (Å²) in [5, 5.41) is 7.66. The number of hydrogen-bond donors (Lipinski definition) is 0. The van der Waals surface area contributed by atoms with Crippen LogP contribution in [0.1, 0.15) is 36.0 Å². The summed E-state index contributed by atoms with van der Waals surface area (Å²) >= 11 is 1.70. The number of ether oxygens (including phenoxy) is 1. The summed E-state index contributed by atoms with van der Waals surface area (Å²) in [6.07, 6.45) is 6.82. The van der Waals surface area contributed by atoms with E-state index in [1.165, 1.54) is 5.69 Å². The quantitative estimate of drug-likeness (QED) is 0.692. The molecule has 2 aromatic heterocycles. The Morgan fingerprint density at radius 2 is 2.19 bits per heavy atom. The summed E-state index contributed by atoms with van der Waals surface area (Å²) in [4.78, 5) is 20.8. The van der Waals surface area contributed by atoms with Gasteiger partial charge in [0.1, 0.15) is 11.6 Å². The van der Waals surface area contributed by atoms with Crippen LogP contribution in [0.5, 0.6) is 0 Å². The highest BCUT2D eigenvalue weighted by molar-refractivity contribution is 7.09. The molecule has 0 N–H and O–H groups in total. The second-order valence-electron chi connectivity index (χ2n) is 6.95. The minimum absolute atomic E-state index is 0.122. The maximum atomic E-state index is 12.1. The molecule has 1 atom stereocenters. The Balaban J connectivity index is 1.28. The van der Waals surface area contributed by atoms with E-state index in [0.717, 1.165) is 57.0 Å². The molecule has 26 heavy (non-hydrogen) atoms. The monoisotopic (exact) mass is 375 g/mol. The van der Waals surface area contributed by atoms with Gasteiger partial charge in [0, 0.05) is 50.6 Å². The lowest BCUT2D eigenvalue weighted by Gasteiger charge is -2.33. The largest absolute Gasteiger partial charge is 0.372 e. The number of carbonyl (C=O) groups is 1. The molecule has 1 amide bonds. The second kappa shape index (κ2) is 8.28. The molecule has 1 saturated heterocycles. The molecule has 0 saturated carbocycles. The smallest absolute Gasteiger partial charge is 0.248 e. The van der Waals surface area contributed by atoms with Crippen LogP contribution in [0.3, 0.4) is 0 Å². The van der Waals surface area contributed by atoms with E-state index in [1.54, 1.807) is 11.3 Å². The van der Waals surface area contributed by atoms with Crippen LogP contribution in [0.2, 0.25) is 0 Å². The van der Waals surface area contributed by atoms with Gasteiger partial charge >= 0.3 is 0 Å². The number of thiazole rings is 1. The molecular weight excluding hydrogens is 350 g/mol.